The molecule has 4 nitrogen and oxygen atoms in total. The van der Waals surface area contributed by atoms with E-state index < -0.39 is 43.1 Å². The summed E-state index contributed by atoms with van der Waals surface area (Å²) in [7, 11) is -6.34. The van der Waals surface area contributed by atoms with Crippen LogP contribution in [0.1, 0.15) is 27.0 Å². The first-order chi connectivity index (χ1) is 12.3. The Morgan fingerprint density at radius 2 is 1.48 bits per heavy atom. The van der Waals surface area contributed by atoms with Gasteiger partial charge in [0.2, 0.25) is 0 Å². The molecule has 2 rings (SSSR count). The maximum Gasteiger partial charge on any atom is 0.442 e. The van der Waals surface area contributed by atoms with Crippen LogP contribution in [-0.4, -0.2) is 29.3 Å². The molecule has 0 fully saturated rings. The van der Waals surface area contributed by atoms with Crippen molar-refractivity contribution in [2.45, 2.75) is 29.3 Å². The molecule has 2 aromatic carbocycles. The number of alkyl halides is 4. The Hall–Kier alpha value is -1.91. The Morgan fingerprint density at radius 3 is 2.00 bits per heavy atom. The van der Waals surface area contributed by atoms with Crippen molar-refractivity contribution in [2.75, 3.05) is 0 Å². The molecule has 0 aliphatic rings. The number of halogens is 4. The lowest BCUT2D eigenvalue weighted by atomic mass is 10.0. The molecule has 0 saturated carbocycles. The second-order valence-electron chi connectivity index (χ2n) is 5.79. The second-order valence-corrected chi connectivity index (χ2v) is 8.41. The van der Waals surface area contributed by atoms with Gasteiger partial charge in [-0.1, -0.05) is 42.0 Å². The topological polar surface area (TPSA) is 71.4 Å². The van der Waals surface area contributed by atoms with Gasteiger partial charge in [-0.3, -0.25) is 9.35 Å². The van der Waals surface area contributed by atoms with Crippen LogP contribution < -0.4 is 0 Å². The molecule has 0 amide bonds. The quantitative estimate of drug-likeness (QED) is 0.316. The average Bonchev–Trinajstić information content (AvgIpc) is 2.55. The largest absolute Gasteiger partial charge is 0.442 e. The van der Waals surface area contributed by atoms with E-state index in [1.54, 1.807) is 12.1 Å². The Morgan fingerprint density at radius 1 is 0.963 bits per heavy atom. The van der Waals surface area contributed by atoms with Crippen molar-refractivity contribution in [3.05, 3.63) is 64.7 Å². The first-order valence-corrected chi connectivity index (χ1v) is 9.65. The Labute approximate surface area is 157 Å². The number of hydrogen-bond acceptors (Lipinski definition) is 4. The van der Waals surface area contributed by atoms with Gasteiger partial charge in [0.25, 0.3) is 0 Å². The van der Waals surface area contributed by atoms with Crippen LogP contribution in [0.4, 0.5) is 17.6 Å². The number of carbonyl (C=O) groups is 1. The normalized spacial score (nSPS) is 12.9. The van der Waals surface area contributed by atoms with E-state index in [-0.39, 0.29) is 16.7 Å². The summed E-state index contributed by atoms with van der Waals surface area (Å²) in [5.74, 6) is -0.512. The number of aryl methyl sites for hydroxylation is 2. The fourth-order valence-corrected chi connectivity index (χ4v) is 3.62. The summed E-state index contributed by atoms with van der Waals surface area (Å²) in [6.07, 6.45) is 0. The Bertz CT molecular complexity index is 971. The molecule has 0 aliphatic carbocycles. The fourth-order valence-electron chi connectivity index (χ4n) is 2.07. The van der Waals surface area contributed by atoms with Gasteiger partial charge in [0.15, 0.2) is 5.78 Å². The van der Waals surface area contributed by atoms with E-state index in [1.807, 2.05) is 6.92 Å². The van der Waals surface area contributed by atoms with E-state index in [0.29, 0.717) is 0 Å². The van der Waals surface area contributed by atoms with Crippen LogP contribution in [0.5, 0.6) is 0 Å². The van der Waals surface area contributed by atoms with Crippen LogP contribution in [0.25, 0.3) is 0 Å². The lowest BCUT2D eigenvalue weighted by molar-refractivity contribution is -0.0946. The predicted molar refractivity (Wildman–Crippen MR) is 93.1 cm³/mol. The van der Waals surface area contributed by atoms with E-state index in [0.717, 1.165) is 11.6 Å². The van der Waals surface area contributed by atoms with Crippen molar-refractivity contribution in [2.24, 2.45) is 0 Å². The third kappa shape index (κ3) is 4.33. The molecular formula is C17H14F4O4S2. The van der Waals surface area contributed by atoms with E-state index in [2.05, 4.69) is 0 Å². The maximum atomic E-state index is 13.9. The van der Waals surface area contributed by atoms with Gasteiger partial charge in [0.1, 0.15) is 0 Å². The minimum absolute atomic E-state index is 0.0297. The third-order valence-corrected chi connectivity index (χ3v) is 5.87. The van der Waals surface area contributed by atoms with E-state index in [9.17, 15) is 30.8 Å². The smallest absolute Gasteiger partial charge is 0.289 e. The van der Waals surface area contributed by atoms with Gasteiger partial charge in [-0.25, -0.2) is 0 Å². The van der Waals surface area contributed by atoms with Gasteiger partial charge >= 0.3 is 20.6 Å². The van der Waals surface area contributed by atoms with Gasteiger partial charge in [0.05, 0.1) is 0 Å². The van der Waals surface area contributed by atoms with Crippen molar-refractivity contribution in [3.8, 4) is 0 Å². The van der Waals surface area contributed by atoms with Crippen molar-refractivity contribution in [1.29, 1.82) is 0 Å². The van der Waals surface area contributed by atoms with Crippen LogP contribution in [0.2, 0.25) is 0 Å². The van der Waals surface area contributed by atoms with E-state index in [4.69, 9.17) is 4.55 Å². The van der Waals surface area contributed by atoms with E-state index in [1.165, 1.54) is 31.2 Å². The SMILES string of the molecule is Cc1ccc(C(=O)c2ccc(C)c(SC(F)(F)C(F)(F)S(=O)(=O)O)c2)cc1. The molecule has 0 heterocycles. The molecule has 0 aromatic heterocycles. The highest BCUT2D eigenvalue weighted by atomic mass is 32.2. The zero-order valence-corrected chi connectivity index (χ0v) is 15.7. The third-order valence-electron chi connectivity index (χ3n) is 3.67. The lowest BCUT2D eigenvalue weighted by Crippen LogP contribution is -2.44. The van der Waals surface area contributed by atoms with Crippen LogP contribution >= 0.6 is 11.8 Å². The first-order valence-electron chi connectivity index (χ1n) is 7.40. The molecule has 10 heteroatoms. The van der Waals surface area contributed by atoms with Crippen LogP contribution in [0.3, 0.4) is 0 Å². The summed E-state index contributed by atoms with van der Waals surface area (Å²) in [6.45, 7) is 3.15. The van der Waals surface area contributed by atoms with Gasteiger partial charge < -0.3 is 0 Å². The molecule has 0 radical (unpaired) electrons. The highest BCUT2D eigenvalue weighted by Gasteiger charge is 2.66. The van der Waals surface area contributed by atoms with Gasteiger partial charge in [-0.2, -0.15) is 26.0 Å². The lowest BCUT2D eigenvalue weighted by Gasteiger charge is -2.23. The summed E-state index contributed by atoms with van der Waals surface area (Å²) < 4.78 is 84.2. The van der Waals surface area contributed by atoms with Gasteiger partial charge in [-0.05, 0) is 37.2 Å². The minimum Gasteiger partial charge on any atom is -0.289 e. The van der Waals surface area contributed by atoms with Crippen molar-refractivity contribution in [1.82, 2.24) is 0 Å². The summed E-state index contributed by atoms with van der Waals surface area (Å²) in [4.78, 5) is 12.0. The number of rotatable bonds is 6. The second kappa shape index (κ2) is 7.25. The number of benzene rings is 2. The number of ketones is 1. The van der Waals surface area contributed by atoms with Gasteiger partial charge in [-0.15, -0.1) is 0 Å². The van der Waals surface area contributed by atoms with Crippen molar-refractivity contribution < 1.29 is 35.3 Å². The summed E-state index contributed by atoms with van der Waals surface area (Å²) in [5, 5.41) is -10.9. The first kappa shape index (κ1) is 21.4. The molecule has 0 atom stereocenters. The van der Waals surface area contributed by atoms with Crippen molar-refractivity contribution >= 4 is 27.7 Å². The molecule has 0 aliphatic heterocycles. The van der Waals surface area contributed by atoms with Crippen LogP contribution in [-0.2, 0) is 10.1 Å². The van der Waals surface area contributed by atoms with Crippen LogP contribution in [0.15, 0.2) is 47.4 Å². The number of thioether (sulfide) groups is 1. The molecule has 0 unspecified atom stereocenters. The maximum absolute atomic E-state index is 13.9. The molecular weight excluding hydrogens is 408 g/mol. The molecule has 27 heavy (non-hydrogen) atoms. The van der Waals surface area contributed by atoms with Gasteiger partial charge in [0, 0.05) is 16.0 Å². The minimum atomic E-state index is -6.34. The number of hydrogen-bond donors (Lipinski definition) is 1. The van der Waals surface area contributed by atoms with Crippen molar-refractivity contribution in [3.63, 3.8) is 0 Å². The monoisotopic (exact) mass is 422 g/mol. The van der Waals surface area contributed by atoms with Crippen LogP contribution in [0, 0.1) is 13.8 Å². The highest BCUT2D eigenvalue weighted by Crippen LogP contribution is 2.49. The highest BCUT2D eigenvalue weighted by molar-refractivity contribution is 8.01. The molecule has 0 spiro atoms. The van der Waals surface area contributed by atoms with E-state index >= 15 is 0 Å². The zero-order valence-electron chi connectivity index (χ0n) is 14.0. The average molecular weight is 422 g/mol. The zero-order chi connectivity index (χ0) is 20.6. The molecule has 1 N–H and O–H groups in total. The number of carbonyl (C=O) groups excluding carboxylic acids is 1. The standard InChI is InChI=1S/C17H14F4O4S2/c1-10-3-6-12(7-4-10)15(22)13-8-5-11(2)14(9-13)26-16(18,19)17(20,21)27(23,24)25/h3-9H,1-2H3,(H,23,24,25). The summed E-state index contributed by atoms with van der Waals surface area (Å²) in [6, 6.07) is 10.0. The summed E-state index contributed by atoms with van der Waals surface area (Å²) >= 11 is -0.739. The predicted octanol–water partition coefficient (Wildman–Crippen LogP) is 4.70. The summed E-state index contributed by atoms with van der Waals surface area (Å²) in [5.41, 5.74) is 1.28. The molecule has 146 valence electrons. The Balaban J connectivity index is 2.40. The molecule has 0 saturated heterocycles. The molecule has 2 aromatic rings. The molecule has 0 bridgehead atoms. The Kier molecular flexibility index (Phi) is 5.74. The fraction of sp³-hybridized carbons (Fsp3) is 0.235.